The fraction of sp³-hybridized carbons (Fsp3) is 0.130. The molecule has 0 spiro atoms. The predicted molar refractivity (Wildman–Crippen MR) is 121 cm³/mol. The Morgan fingerprint density at radius 3 is 2.66 bits per heavy atom. The average molecular weight is 450 g/mol. The fourth-order valence-corrected chi connectivity index (χ4v) is 4.30. The number of imide groups is 1. The molecule has 0 atom stereocenters. The first kappa shape index (κ1) is 21.4. The summed E-state index contributed by atoms with van der Waals surface area (Å²) in [6.45, 7) is 1.96. The van der Waals surface area contributed by atoms with Crippen LogP contribution in [0.3, 0.4) is 0 Å². The number of hydrogen-bond acceptors (Lipinski definition) is 7. The van der Waals surface area contributed by atoms with Gasteiger partial charge in [-0.3, -0.25) is 24.6 Å². The maximum atomic E-state index is 13.0. The van der Waals surface area contributed by atoms with E-state index in [1.54, 1.807) is 6.92 Å². The van der Waals surface area contributed by atoms with Crippen molar-refractivity contribution in [2.45, 2.75) is 13.5 Å². The number of nitro benzene ring substituents is 1. The smallest absolute Gasteiger partial charge is 0.293 e. The molecule has 1 fully saturated rings. The number of nitrogens with zero attached hydrogens (tertiary/aromatic N) is 2. The number of fused-ring (bicyclic) bond motifs is 1. The van der Waals surface area contributed by atoms with Crippen molar-refractivity contribution in [1.82, 2.24) is 4.90 Å². The molecular formula is C23H18N2O6S. The molecule has 1 aliphatic rings. The highest BCUT2D eigenvalue weighted by atomic mass is 32.2. The molecule has 1 saturated heterocycles. The van der Waals surface area contributed by atoms with E-state index in [1.807, 2.05) is 42.5 Å². The SMILES string of the molecule is CCOc1cc([N+](=O)[O-])cc(/C=C2/SC(=O)N(Cc3cccc4ccccc34)C2=O)c1O. The molecule has 1 heterocycles. The van der Waals surface area contributed by atoms with Gasteiger partial charge in [0.15, 0.2) is 11.5 Å². The lowest BCUT2D eigenvalue weighted by Gasteiger charge is -2.14. The molecule has 0 bridgehead atoms. The summed E-state index contributed by atoms with van der Waals surface area (Å²) in [7, 11) is 0. The summed E-state index contributed by atoms with van der Waals surface area (Å²) in [6.07, 6.45) is 1.28. The molecular weight excluding hydrogens is 432 g/mol. The van der Waals surface area contributed by atoms with Crippen LogP contribution in [-0.2, 0) is 11.3 Å². The zero-order valence-corrected chi connectivity index (χ0v) is 17.8. The van der Waals surface area contributed by atoms with Crippen LogP contribution in [0.1, 0.15) is 18.1 Å². The third-order valence-corrected chi connectivity index (χ3v) is 5.88. The lowest BCUT2D eigenvalue weighted by Crippen LogP contribution is -2.27. The number of phenols is 1. The Morgan fingerprint density at radius 2 is 1.91 bits per heavy atom. The van der Waals surface area contributed by atoms with Gasteiger partial charge in [0.1, 0.15) is 0 Å². The van der Waals surface area contributed by atoms with Gasteiger partial charge in [0, 0.05) is 11.6 Å². The maximum Gasteiger partial charge on any atom is 0.293 e. The molecule has 162 valence electrons. The van der Waals surface area contributed by atoms with Gasteiger partial charge in [-0.15, -0.1) is 0 Å². The number of rotatable bonds is 6. The summed E-state index contributed by atoms with van der Waals surface area (Å²) in [4.78, 5) is 37.4. The van der Waals surface area contributed by atoms with Crippen molar-refractivity contribution in [2.24, 2.45) is 0 Å². The highest BCUT2D eigenvalue weighted by Gasteiger charge is 2.35. The monoisotopic (exact) mass is 450 g/mol. The van der Waals surface area contributed by atoms with Crippen LogP contribution in [0.25, 0.3) is 16.8 Å². The largest absolute Gasteiger partial charge is 0.504 e. The number of aromatic hydroxyl groups is 1. The molecule has 8 nitrogen and oxygen atoms in total. The molecule has 0 aliphatic carbocycles. The number of nitro groups is 1. The highest BCUT2D eigenvalue weighted by Crippen LogP contribution is 2.40. The number of thioether (sulfide) groups is 1. The molecule has 1 N–H and O–H groups in total. The van der Waals surface area contributed by atoms with E-state index in [-0.39, 0.29) is 40.8 Å². The van der Waals surface area contributed by atoms with Gasteiger partial charge in [-0.05, 0) is 41.1 Å². The molecule has 0 radical (unpaired) electrons. The summed E-state index contributed by atoms with van der Waals surface area (Å²) in [5.41, 5.74) is 0.550. The van der Waals surface area contributed by atoms with Crippen molar-refractivity contribution >= 4 is 45.4 Å². The Bertz CT molecular complexity index is 1280. The molecule has 0 aromatic heterocycles. The molecule has 2 amide bonds. The van der Waals surface area contributed by atoms with Crippen LogP contribution in [0.4, 0.5) is 10.5 Å². The Balaban J connectivity index is 1.68. The maximum absolute atomic E-state index is 13.0. The van der Waals surface area contributed by atoms with E-state index >= 15 is 0 Å². The van der Waals surface area contributed by atoms with Crippen molar-refractivity contribution in [2.75, 3.05) is 6.61 Å². The Kier molecular flexibility index (Phi) is 5.83. The first-order valence-corrected chi connectivity index (χ1v) is 10.6. The quantitative estimate of drug-likeness (QED) is 0.316. The van der Waals surface area contributed by atoms with Crippen LogP contribution in [-0.4, -0.2) is 32.7 Å². The second-order valence-corrected chi connectivity index (χ2v) is 7.97. The fourth-order valence-electron chi connectivity index (χ4n) is 3.47. The number of hydrogen-bond donors (Lipinski definition) is 1. The zero-order valence-electron chi connectivity index (χ0n) is 17.0. The molecule has 0 saturated carbocycles. The van der Waals surface area contributed by atoms with Crippen LogP contribution < -0.4 is 4.74 Å². The van der Waals surface area contributed by atoms with E-state index < -0.39 is 16.1 Å². The van der Waals surface area contributed by atoms with E-state index in [9.17, 15) is 24.8 Å². The number of benzene rings is 3. The minimum absolute atomic E-state index is 0.0262. The number of carbonyl (C=O) groups is 2. The van der Waals surface area contributed by atoms with Crippen LogP contribution in [0.5, 0.6) is 11.5 Å². The van der Waals surface area contributed by atoms with E-state index in [1.165, 1.54) is 6.08 Å². The third-order valence-electron chi connectivity index (χ3n) is 4.97. The summed E-state index contributed by atoms with van der Waals surface area (Å²) >= 11 is 0.720. The van der Waals surface area contributed by atoms with Gasteiger partial charge in [-0.1, -0.05) is 42.5 Å². The van der Waals surface area contributed by atoms with Crippen molar-refractivity contribution in [3.63, 3.8) is 0 Å². The van der Waals surface area contributed by atoms with Crippen LogP contribution >= 0.6 is 11.8 Å². The Labute approximate surface area is 187 Å². The van der Waals surface area contributed by atoms with Crippen molar-refractivity contribution in [3.8, 4) is 11.5 Å². The van der Waals surface area contributed by atoms with Crippen molar-refractivity contribution in [3.05, 3.63) is 80.7 Å². The predicted octanol–water partition coefficient (Wildman–Crippen LogP) is 5.09. The molecule has 3 aromatic rings. The van der Waals surface area contributed by atoms with Gasteiger partial charge < -0.3 is 9.84 Å². The topological polar surface area (TPSA) is 110 Å². The van der Waals surface area contributed by atoms with Crippen molar-refractivity contribution < 1.29 is 24.4 Å². The summed E-state index contributed by atoms with van der Waals surface area (Å²) in [5, 5.41) is 23.2. The average Bonchev–Trinajstić information content (AvgIpc) is 3.04. The van der Waals surface area contributed by atoms with E-state index in [2.05, 4.69) is 0 Å². The molecule has 32 heavy (non-hydrogen) atoms. The van der Waals surface area contributed by atoms with Gasteiger partial charge in [0.2, 0.25) is 0 Å². The van der Waals surface area contributed by atoms with Crippen LogP contribution in [0.2, 0.25) is 0 Å². The lowest BCUT2D eigenvalue weighted by molar-refractivity contribution is -0.385. The van der Waals surface area contributed by atoms with Crippen LogP contribution in [0, 0.1) is 10.1 Å². The van der Waals surface area contributed by atoms with Gasteiger partial charge in [0.25, 0.3) is 16.8 Å². The van der Waals surface area contributed by atoms with E-state index in [4.69, 9.17) is 4.74 Å². The minimum Gasteiger partial charge on any atom is -0.504 e. The van der Waals surface area contributed by atoms with E-state index in [0.29, 0.717) is 0 Å². The number of non-ortho nitro benzene ring substituents is 1. The molecule has 3 aromatic carbocycles. The number of phenolic OH excluding ortho intramolecular Hbond substituents is 1. The van der Waals surface area contributed by atoms with Gasteiger partial charge >= 0.3 is 0 Å². The minimum atomic E-state index is -0.619. The highest BCUT2D eigenvalue weighted by molar-refractivity contribution is 8.18. The number of ether oxygens (including phenoxy) is 1. The molecule has 4 rings (SSSR count). The number of carbonyl (C=O) groups excluding carboxylic acids is 2. The number of amides is 2. The normalized spacial score (nSPS) is 15.0. The lowest BCUT2D eigenvalue weighted by atomic mass is 10.0. The molecule has 0 unspecified atom stereocenters. The van der Waals surface area contributed by atoms with E-state index in [0.717, 1.165) is 45.1 Å². The van der Waals surface area contributed by atoms with Gasteiger partial charge in [0.05, 0.1) is 29.0 Å². The zero-order chi connectivity index (χ0) is 22.8. The molecule has 9 heteroatoms. The summed E-state index contributed by atoms with van der Waals surface area (Å²) < 4.78 is 5.27. The van der Waals surface area contributed by atoms with Gasteiger partial charge in [-0.25, -0.2) is 0 Å². The van der Waals surface area contributed by atoms with Crippen LogP contribution in [0.15, 0.2) is 59.5 Å². The Morgan fingerprint density at radius 1 is 1.16 bits per heavy atom. The molecule has 1 aliphatic heterocycles. The van der Waals surface area contributed by atoms with Gasteiger partial charge in [-0.2, -0.15) is 0 Å². The summed E-state index contributed by atoms with van der Waals surface area (Å²) in [6, 6.07) is 15.6. The first-order chi connectivity index (χ1) is 15.4. The first-order valence-electron chi connectivity index (χ1n) is 9.75. The second kappa shape index (κ2) is 8.72. The standard InChI is InChI=1S/C23H18N2O6S/c1-2-31-19-12-17(25(29)30)10-16(21(19)26)11-20-22(27)24(23(28)32-20)13-15-8-5-7-14-6-3-4-9-18(14)15/h3-12,26H,2,13H2,1H3/b20-11+. The third kappa shape index (κ3) is 4.02. The summed E-state index contributed by atoms with van der Waals surface area (Å²) in [5.74, 6) is -0.932. The van der Waals surface area contributed by atoms with Crippen molar-refractivity contribution in [1.29, 1.82) is 0 Å². The second-order valence-electron chi connectivity index (χ2n) is 6.98. The Hall–Kier alpha value is -3.85.